The Labute approximate surface area is 114 Å². The normalized spacial score (nSPS) is 10.4. The zero-order valence-electron chi connectivity index (χ0n) is 11.5. The largest absolute Gasteiger partial charge is 0.492 e. The highest BCUT2D eigenvalue weighted by Crippen LogP contribution is 2.23. The number of hydrogen-bond acceptors (Lipinski definition) is 3. The van der Waals surface area contributed by atoms with Crippen LogP contribution in [-0.2, 0) is 6.54 Å². The van der Waals surface area contributed by atoms with Crippen LogP contribution in [0.3, 0.4) is 0 Å². The summed E-state index contributed by atoms with van der Waals surface area (Å²) in [5.41, 5.74) is 3.54. The molecule has 2 aromatic rings. The van der Waals surface area contributed by atoms with Gasteiger partial charge >= 0.3 is 0 Å². The van der Waals surface area contributed by atoms with E-state index < -0.39 is 0 Å². The fourth-order valence-corrected chi connectivity index (χ4v) is 1.95. The first-order chi connectivity index (χ1) is 9.33. The molecule has 1 N–H and O–H groups in total. The topological polar surface area (TPSA) is 34.2 Å². The SMILES string of the molecule is CCNCc1cccc(-c2cncc(OCC)c2)c1. The van der Waals surface area contributed by atoms with E-state index >= 15 is 0 Å². The third-order valence-electron chi connectivity index (χ3n) is 2.86. The first kappa shape index (κ1) is 13.6. The molecule has 1 aromatic carbocycles. The van der Waals surface area contributed by atoms with Crippen molar-refractivity contribution in [3.63, 3.8) is 0 Å². The van der Waals surface area contributed by atoms with Gasteiger partial charge in [0.2, 0.25) is 0 Å². The van der Waals surface area contributed by atoms with E-state index in [4.69, 9.17) is 4.74 Å². The van der Waals surface area contributed by atoms with Crippen LogP contribution in [0.5, 0.6) is 5.75 Å². The second-order valence-electron chi connectivity index (χ2n) is 4.32. The molecule has 0 spiro atoms. The summed E-state index contributed by atoms with van der Waals surface area (Å²) in [4.78, 5) is 4.23. The minimum Gasteiger partial charge on any atom is -0.492 e. The standard InChI is InChI=1S/C16H20N2O/c1-3-17-10-13-6-5-7-14(8-13)15-9-16(19-4-2)12-18-11-15/h5-9,11-12,17H,3-4,10H2,1-2H3. The van der Waals surface area contributed by atoms with Crippen molar-refractivity contribution in [2.75, 3.05) is 13.2 Å². The van der Waals surface area contributed by atoms with Crippen LogP contribution in [0.25, 0.3) is 11.1 Å². The summed E-state index contributed by atoms with van der Waals surface area (Å²) >= 11 is 0. The van der Waals surface area contributed by atoms with Gasteiger partial charge in [-0.25, -0.2) is 0 Å². The van der Waals surface area contributed by atoms with Crippen molar-refractivity contribution < 1.29 is 4.74 Å². The minimum absolute atomic E-state index is 0.658. The van der Waals surface area contributed by atoms with Crippen molar-refractivity contribution >= 4 is 0 Å². The average Bonchev–Trinajstić information content (AvgIpc) is 2.46. The predicted octanol–water partition coefficient (Wildman–Crippen LogP) is 3.26. The molecule has 100 valence electrons. The molecular formula is C16H20N2O. The molecule has 0 saturated heterocycles. The lowest BCUT2D eigenvalue weighted by atomic mass is 10.0. The number of nitrogens with one attached hydrogen (secondary N) is 1. The molecule has 0 fully saturated rings. The van der Waals surface area contributed by atoms with Gasteiger partial charge in [-0.3, -0.25) is 4.98 Å². The van der Waals surface area contributed by atoms with Crippen LogP contribution in [0.1, 0.15) is 19.4 Å². The molecule has 0 aliphatic rings. The highest BCUT2D eigenvalue weighted by Gasteiger charge is 2.02. The van der Waals surface area contributed by atoms with Gasteiger partial charge in [0, 0.05) is 18.3 Å². The summed E-state index contributed by atoms with van der Waals surface area (Å²) in [5, 5.41) is 3.33. The molecule has 3 heteroatoms. The Morgan fingerprint density at radius 1 is 1.11 bits per heavy atom. The highest BCUT2D eigenvalue weighted by atomic mass is 16.5. The Hall–Kier alpha value is -1.87. The van der Waals surface area contributed by atoms with Crippen LogP contribution in [-0.4, -0.2) is 18.1 Å². The van der Waals surface area contributed by atoms with Gasteiger partial charge in [0.05, 0.1) is 12.8 Å². The summed E-state index contributed by atoms with van der Waals surface area (Å²) in [6, 6.07) is 10.5. The molecule has 0 unspecified atom stereocenters. The number of rotatable bonds is 6. The Balaban J connectivity index is 2.23. The molecule has 0 atom stereocenters. The number of pyridine rings is 1. The van der Waals surface area contributed by atoms with Gasteiger partial charge in [-0.1, -0.05) is 25.1 Å². The van der Waals surface area contributed by atoms with Gasteiger partial charge < -0.3 is 10.1 Å². The molecule has 0 amide bonds. The number of benzene rings is 1. The molecule has 0 saturated carbocycles. The van der Waals surface area contributed by atoms with Crippen LogP contribution in [0.2, 0.25) is 0 Å². The number of aromatic nitrogens is 1. The molecule has 1 aromatic heterocycles. The minimum atomic E-state index is 0.658. The van der Waals surface area contributed by atoms with Crippen molar-refractivity contribution in [2.24, 2.45) is 0 Å². The highest BCUT2D eigenvalue weighted by molar-refractivity contribution is 5.64. The number of hydrogen-bond donors (Lipinski definition) is 1. The fraction of sp³-hybridized carbons (Fsp3) is 0.312. The lowest BCUT2D eigenvalue weighted by Crippen LogP contribution is -2.11. The smallest absolute Gasteiger partial charge is 0.138 e. The molecule has 19 heavy (non-hydrogen) atoms. The Bertz CT molecular complexity index is 526. The van der Waals surface area contributed by atoms with Crippen LogP contribution < -0.4 is 10.1 Å². The average molecular weight is 256 g/mol. The van der Waals surface area contributed by atoms with Gasteiger partial charge in [0.15, 0.2) is 0 Å². The maximum atomic E-state index is 5.49. The molecular weight excluding hydrogens is 236 g/mol. The molecule has 0 bridgehead atoms. The van der Waals surface area contributed by atoms with Crippen molar-refractivity contribution in [2.45, 2.75) is 20.4 Å². The Kier molecular flexibility index (Phi) is 4.93. The maximum Gasteiger partial charge on any atom is 0.138 e. The Morgan fingerprint density at radius 3 is 2.79 bits per heavy atom. The van der Waals surface area contributed by atoms with Crippen LogP contribution in [0, 0.1) is 0 Å². The second kappa shape index (κ2) is 6.90. The van der Waals surface area contributed by atoms with Gasteiger partial charge in [-0.15, -0.1) is 0 Å². The van der Waals surface area contributed by atoms with Crippen LogP contribution >= 0.6 is 0 Å². The summed E-state index contributed by atoms with van der Waals surface area (Å²) in [5.74, 6) is 0.817. The second-order valence-corrected chi connectivity index (χ2v) is 4.32. The predicted molar refractivity (Wildman–Crippen MR) is 78.2 cm³/mol. The van der Waals surface area contributed by atoms with Crippen LogP contribution in [0.15, 0.2) is 42.7 Å². The van der Waals surface area contributed by atoms with Gasteiger partial charge in [0.1, 0.15) is 5.75 Å². The lowest BCUT2D eigenvalue weighted by Gasteiger charge is -2.08. The first-order valence-electron chi connectivity index (χ1n) is 6.71. The molecule has 3 nitrogen and oxygen atoms in total. The summed E-state index contributed by atoms with van der Waals surface area (Å²) < 4.78 is 5.49. The lowest BCUT2D eigenvalue weighted by molar-refractivity contribution is 0.339. The zero-order valence-corrected chi connectivity index (χ0v) is 11.5. The molecule has 1 heterocycles. The van der Waals surface area contributed by atoms with Crippen molar-refractivity contribution in [1.29, 1.82) is 0 Å². The number of nitrogens with zero attached hydrogens (tertiary/aromatic N) is 1. The van der Waals surface area contributed by atoms with Gasteiger partial charge in [-0.2, -0.15) is 0 Å². The summed E-state index contributed by atoms with van der Waals surface area (Å²) in [6.07, 6.45) is 3.62. The van der Waals surface area contributed by atoms with Crippen molar-refractivity contribution in [1.82, 2.24) is 10.3 Å². The number of ether oxygens (including phenoxy) is 1. The maximum absolute atomic E-state index is 5.49. The van der Waals surface area contributed by atoms with Gasteiger partial charge in [0.25, 0.3) is 0 Å². The fourth-order valence-electron chi connectivity index (χ4n) is 1.95. The van der Waals surface area contributed by atoms with E-state index in [0.29, 0.717) is 6.61 Å². The molecule has 0 aliphatic heterocycles. The van der Waals surface area contributed by atoms with Gasteiger partial charge in [-0.05, 0) is 36.7 Å². The summed E-state index contributed by atoms with van der Waals surface area (Å²) in [6.45, 7) is 6.61. The third kappa shape index (κ3) is 3.80. The molecule has 2 rings (SSSR count). The van der Waals surface area contributed by atoms with E-state index in [1.165, 1.54) is 11.1 Å². The summed E-state index contributed by atoms with van der Waals surface area (Å²) in [7, 11) is 0. The quantitative estimate of drug-likeness (QED) is 0.861. The van der Waals surface area contributed by atoms with E-state index in [-0.39, 0.29) is 0 Å². The molecule has 0 aliphatic carbocycles. The Morgan fingerprint density at radius 2 is 2.00 bits per heavy atom. The van der Waals surface area contributed by atoms with Crippen LogP contribution in [0.4, 0.5) is 0 Å². The van der Waals surface area contributed by atoms with E-state index in [9.17, 15) is 0 Å². The van der Waals surface area contributed by atoms with Crippen molar-refractivity contribution in [3.05, 3.63) is 48.3 Å². The van der Waals surface area contributed by atoms with E-state index in [2.05, 4.69) is 41.5 Å². The zero-order chi connectivity index (χ0) is 13.5. The monoisotopic (exact) mass is 256 g/mol. The van der Waals surface area contributed by atoms with Crippen molar-refractivity contribution in [3.8, 4) is 16.9 Å². The first-order valence-corrected chi connectivity index (χ1v) is 6.71. The third-order valence-corrected chi connectivity index (χ3v) is 2.86. The van der Waals surface area contributed by atoms with E-state index in [1.54, 1.807) is 6.20 Å². The van der Waals surface area contributed by atoms with E-state index in [0.717, 1.165) is 24.4 Å². The molecule has 0 radical (unpaired) electrons. The van der Waals surface area contributed by atoms with E-state index in [1.807, 2.05) is 19.2 Å².